The average molecular weight is 336 g/mol. The predicted octanol–water partition coefficient (Wildman–Crippen LogP) is 1.74. The number of nitrogens with zero attached hydrogens (tertiary/aromatic N) is 2. The number of hydrogen-bond donors (Lipinski definition) is 1. The van der Waals surface area contributed by atoms with Gasteiger partial charge in [0.05, 0.1) is 6.26 Å². The number of rotatable bonds is 1. The molecule has 2 fully saturated rings. The maximum atomic E-state index is 12.2. The highest BCUT2D eigenvalue weighted by Gasteiger charge is 2.44. The van der Waals surface area contributed by atoms with Crippen molar-refractivity contribution in [3.8, 4) is 5.75 Å². The molecule has 0 aromatic heterocycles. The maximum absolute atomic E-state index is 12.2. The number of piperidine rings is 2. The highest BCUT2D eigenvalue weighted by molar-refractivity contribution is 7.88. The van der Waals surface area contributed by atoms with Gasteiger partial charge in [0.1, 0.15) is 5.75 Å². The molecule has 3 atom stereocenters. The fraction of sp³-hybridized carbons (Fsp3) is 0.647. The van der Waals surface area contributed by atoms with Crippen molar-refractivity contribution in [1.82, 2.24) is 9.21 Å². The summed E-state index contributed by atoms with van der Waals surface area (Å²) in [5.41, 5.74) is 2.48. The number of fused-ring (bicyclic) bond motifs is 4. The highest BCUT2D eigenvalue weighted by atomic mass is 32.2. The summed E-state index contributed by atoms with van der Waals surface area (Å²) in [6, 6.07) is 6.05. The Morgan fingerprint density at radius 3 is 2.87 bits per heavy atom. The average Bonchev–Trinajstić information content (AvgIpc) is 2.51. The van der Waals surface area contributed by atoms with Gasteiger partial charge >= 0.3 is 0 Å². The first-order valence-corrected chi connectivity index (χ1v) is 10.3. The predicted molar refractivity (Wildman–Crippen MR) is 88.8 cm³/mol. The summed E-state index contributed by atoms with van der Waals surface area (Å²) in [7, 11) is -3.14. The van der Waals surface area contributed by atoms with Crippen LogP contribution in [0.4, 0.5) is 0 Å². The molecule has 4 rings (SSSR count). The van der Waals surface area contributed by atoms with Gasteiger partial charge in [-0.05, 0) is 54.9 Å². The smallest absolute Gasteiger partial charge is 0.211 e. The van der Waals surface area contributed by atoms with E-state index in [1.54, 1.807) is 10.4 Å². The Labute approximate surface area is 138 Å². The highest BCUT2D eigenvalue weighted by Crippen LogP contribution is 2.43. The summed E-state index contributed by atoms with van der Waals surface area (Å²) in [5, 5.41) is 9.72. The largest absolute Gasteiger partial charge is 0.508 e. The number of sulfonamides is 1. The van der Waals surface area contributed by atoms with Gasteiger partial charge in [-0.2, -0.15) is 4.31 Å². The number of benzene rings is 1. The van der Waals surface area contributed by atoms with Gasteiger partial charge in [-0.1, -0.05) is 6.07 Å². The Bertz CT molecular complexity index is 719. The minimum Gasteiger partial charge on any atom is -0.508 e. The third-order valence-corrected chi connectivity index (χ3v) is 7.13. The SMILES string of the molecule is CS(=O)(=O)N1CCC[C@@H]2CN3CCc4cc(O)ccc4[C@H]3C[C@@H]21. The summed E-state index contributed by atoms with van der Waals surface area (Å²) in [4.78, 5) is 2.52. The van der Waals surface area contributed by atoms with Gasteiger partial charge in [0.15, 0.2) is 0 Å². The van der Waals surface area contributed by atoms with Crippen molar-refractivity contribution in [3.63, 3.8) is 0 Å². The zero-order chi connectivity index (χ0) is 16.2. The molecule has 3 aliphatic rings. The molecule has 5 nitrogen and oxygen atoms in total. The van der Waals surface area contributed by atoms with Crippen LogP contribution in [0.25, 0.3) is 0 Å². The first-order chi connectivity index (χ1) is 10.9. The van der Waals surface area contributed by atoms with Gasteiger partial charge in [-0.25, -0.2) is 8.42 Å². The third-order valence-electron chi connectivity index (χ3n) is 5.82. The summed E-state index contributed by atoms with van der Waals surface area (Å²) in [6.45, 7) is 2.65. The molecular weight excluding hydrogens is 312 g/mol. The van der Waals surface area contributed by atoms with Crippen molar-refractivity contribution in [3.05, 3.63) is 29.3 Å². The molecule has 2 saturated heterocycles. The molecule has 0 saturated carbocycles. The zero-order valence-corrected chi connectivity index (χ0v) is 14.3. The van der Waals surface area contributed by atoms with E-state index in [0.717, 1.165) is 38.8 Å². The normalized spacial score (nSPS) is 32.0. The molecule has 0 bridgehead atoms. The van der Waals surface area contributed by atoms with Crippen LogP contribution in [0, 0.1) is 5.92 Å². The van der Waals surface area contributed by atoms with Crippen LogP contribution in [0.3, 0.4) is 0 Å². The summed E-state index contributed by atoms with van der Waals surface area (Å²) < 4.78 is 26.1. The van der Waals surface area contributed by atoms with Crippen molar-refractivity contribution in [2.75, 3.05) is 25.9 Å². The monoisotopic (exact) mass is 336 g/mol. The molecule has 0 amide bonds. The summed E-state index contributed by atoms with van der Waals surface area (Å²) in [5.74, 6) is 0.773. The number of phenolic OH excluding ortho intramolecular Hbond substituents is 1. The van der Waals surface area contributed by atoms with E-state index in [1.807, 2.05) is 12.1 Å². The second-order valence-corrected chi connectivity index (χ2v) is 9.16. The fourth-order valence-electron chi connectivity index (χ4n) is 4.81. The van der Waals surface area contributed by atoms with Gasteiger partial charge in [-0.15, -0.1) is 0 Å². The van der Waals surface area contributed by atoms with Crippen LogP contribution in [0.15, 0.2) is 18.2 Å². The molecular formula is C17H24N2O3S. The van der Waals surface area contributed by atoms with Crippen LogP contribution >= 0.6 is 0 Å². The maximum Gasteiger partial charge on any atom is 0.211 e. The fourth-order valence-corrected chi connectivity index (χ4v) is 6.02. The molecule has 23 heavy (non-hydrogen) atoms. The Morgan fingerprint density at radius 1 is 1.26 bits per heavy atom. The molecule has 1 aromatic rings. The van der Waals surface area contributed by atoms with E-state index in [0.29, 0.717) is 18.2 Å². The first-order valence-electron chi connectivity index (χ1n) is 8.46. The van der Waals surface area contributed by atoms with Crippen LogP contribution in [0.2, 0.25) is 0 Å². The van der Waals surface area contributed by atoms with Crippen molar-refractivity contribution in [2.45, 2.75) is 37.8 Å². The van der Waals surface area contributed by atoms with E-state index in [9.17, 15) is 13.5 Å². The van der Waals surface area contributed by atoms with Crippen molar-refractivity contribution >= 4 is 10.0 Å². The van der Waals surface area contributed by atoms with Gasteiger partial charge in [-0.3, -0.25) is 4.90 Å². The first kappa shape index (κ1) is 15.4. The van der Waals surface area contributed by atoms with Gasteiger partial charge in [0, 0.05) is 31.7 Å². The Balaban J connectivity index is 1.68. The minimum atomic E-state index is -3.14. The van der Waals surface area contributed by atoms with Crippen LogP contribution in [-0.4, -0.2) is 54.7 Å². The summed E-state index contributed by atoms with van der Waals surface area (Å²) >= 11 is 0. The van der Waals surface area contributed by atoms with E-state index >= 15 is 0 Å². The van der Waals surface area contributed by atoms with Gasteiger partial charge < -0.3 is 5.11 Å². The van der Waals surface area contributed by atoms with Crippen molar-refractivity contribution in [2.24, 2.45) is 5.92 Å². The van der Waals surface area contributed by atoms with Gasteiger partial charge in [0.25, 0.3) is 0 Å². The Morgan fingerprint density at radius 2 is 2.09 bits per heavy atom. The zero-order valence-electron chi connectivity index (χ0n) is 13.5. The van der Waals surface area contributed by atoms with E-state index in [1.165, 1.54) is 17.4 Å². The van der Waals surface area contributed by atoms with E-state index < -0.39 is 10.0 Å². The third kappa shape index (κ3) is 2.66. The molecule has 0 aliphatic carbocycles. The van der Waals surface area contributed by atoms with Crippen LogP contribution in [-0.2, 0) is 16.4 Å². The van der Waals surface area contributed by atoms with Crippen LogP contribution in [0.5, 0.6) is 5.75 Å². The van der Waals surface area contributed by atoms with E-state index in [4.69, 9.17) is 0 Å². The lowest BCUT2D eigenvalue weighted by Crippen LogP contribution is -2.57. The quantitative estimate of drug-likeness (QED) is 0.848. The molecule has 0 spiro atoms. The topological polar surface area (TPSA) is 60.9 Å². The van der Waals surface area contributed by atoms with Crippen molar-refractivity contribution in [1.29, 1.82) is 0 Å². The second-order valence-electron chi connectivity index (χ2n) is 7.22. The molecule has 0 unspecified atom stereocenters. The lowest BCUT2D eigenvalue weighted by molar-refractivity contribution is 0.0222. The number of hydrogen-bond acceptors (Lipinski definition) is 4. The molecule has 3 heterocycles. The molecule has 126 valence electrons. The van der Waals surface area contributed by atoms with Crippen LogP contribution < -0.4 is 0 Å². The Kier molecular flexibility index (Phi) is 3.66. The van der Waals surface area contributed by atoms with Crippen molar-refractivity contribution < 1.29 is 13.5 Å². The van der Waals surface area contributed by atoms with E-state index in [-0.39, 0.29) is 12.1 Å². The summed E-state index contributed by atoms with van der Waals surface area (Å²) in [6.07, 6.45) is 5.27. The van der Waals surface area contributed by atoms with Crippen LogP contribution in [0.1, 0.15) is 36.4 Å². The molecule has 6 heteroatoms. The second kappa shape index (κ2) is 5.46. The molecule has 1 aromatic carbocycles. The molecule has 3 aliphatic heterocycles. The Hall–Kier alpha value is -1.11. The lowest BCUT2D eigenvalue weighted by Gasteiger charge is -2.51. The standard InChI is InChI=1S/C17H24N2O3S/c1-23(21,22)19-7-2-3-13-11-18-8-6-12-9-14(20)4-5-15(12)17(18)10-16(13)19/h4-5,9,13,16-17,20H,2-3,6-8,10-11H2,1H3/t13-,16+,17-/m1/s1. The number of aromatic hydroxyl groups is 1. The lowest BCUT2D eigenvalue weighted by atomic mass is 9.77. The molecule has 0 radical (unpaired) electrons. The minimum absolute atomic E-state index is 0.125. The number of phenols is 1. The van der Waals surface area contributed by atoms with Gasteiger partial charge in [0.2, 0.25) is 10.0 Å². The van der Waals surface area contributed by atoms with E-state index in [2.05, 4.69) is 4.90 Å². The molecule has 1 N–H and O–H groups in total.